The molecule has 1 aromatic heterocycles. The van der Waals surface area contributed by atoms with Crippen molar-refractivity contribution in [3.05, 3.63) is 72.1 Å². The molecule has 0 aliphatic heterocycles. The highest BCUT2D eigenvalue weighted by atomic mass is 16.5. The van der Waals surface area contributed by atoms with Crippen LogP contribution >= 0.6 is 0 Å². The van der Waals surface area contributed by atoms with Gasteiger partial charge in [-0.1, -0.05) is 35.9 Å². The van der Waals surface area contributed by atoms with Crippen molar-refractivity contribution >= 4 is 0 Å². The molecule has 0 bridgehead atoms. The summed E-state index contributed by atoms with van der Waals surface area (Å²) in [4.78, 5) is 8.97. The monoisotopic (exact) mass is 363 g/mol. The summed E-state index contributed by atoms with van der Waals surface area (Å²) in [5.41, 5.74) is 3.27. The maximum atomic E-state index is 5.85. The van der Waals surface area contributed by atoms with E-state index in [-0.39, 0.29) is 6.04 Å². The van der Waals surface area contributed by atoms with Gasteiger partial charge in [0.25, 0.3) is 0 Å². The Bertz CT molecular complexity index is 865. The number of benzene rings is 2. The van der Waals surface area contributed by atoms with E-state index < -0.39 is 0 Å². The highest BCUT2D eigenvalue weighted by Gasteiger charge is 2.07. The molecule has 0 saturated heterocycles. The Balaban J connectivity index is 1.51. The maximum Gasteiger partial charge on any atom is 0.161 e. The van der Waals surface area contributed by atoms with E-state index in [1.54, 1.807) is 7.11 Å². The fraction of sp³-hybridized carbons (Fsp3) is 0.273. The summed E-state index contributed by atoms with van der Waals surface area (Å²) in [6.07, 6.45) is 3.73. The third kappa shape index (κ3) is 5.28. The third-order valence-corrected chi connectivity index (χ3v) is 4.19. The van der Waals surface area contributed by atoms with E-state index in [9.17, 15) is 0 Å². The first-order valence-electron chi connectivity index (χ1n) is 9.03. The van der Waals surface area contributed by atoms with Gasteiger partial charge in [-0.2, -0.15) is 0 Å². The number of hydrogen-bond acceptors (Lipinski definition) is 5. The Morgan fingerprint density at radius 1 is 1.00 bits per heavy atom. The van der Waals surface area contributed by atoms with E-state index in [0.717, 1.165) is 28.5 Å². The molecular formula is C22H25N3O2. The number of aromatic nitrogens is 2. The highest BCUT2D eigenvalue weighted by Crippen LogP contribution is 2.25. The third-order valence-electron chi connectivity index (χ3n) is 4.19. The summed E-state index contributed by atoms with van der Waals surface area (Å²) < 4.78 is 11.1. The number of aryl methyl sites for hydroxylation is 1. The average Bonchev–Trinajstić information content (AvgIpc) is 2.71. The molecule has 5 nitrogen and oxygen atoms in total. The van der Waals surface area contributed by atoms with Gasteiger partial charge in [-0.15, -0.1) is 0 Å². The highest BCUT2D eigenvalue weighted by molar-refractivity contribution is 5.55. The van der Waals surface area contributed by atoms with Crippen LogP contribution in [-0.2, 0) is 6.54 Å². The number of hydrogen-bond donors (Lipinski definition) is 1. The second-order valence-electron chi connectivity index (χ2n) is 6.53. The molecule has 1 heterocycles. The van der Waals surface area contributed by atoms with Gasteiger partial charge in [-0.05, 0) is 32.0 Å². The summed E-state index contributed by atoms with van der Waals surface area (Å²) in [5, 5.41) is 3.43. The Kier molecular flexibility index (Phi) is 6.39. The number of rotatable bonds is 8. The molecular weight excluding hydrogens is 338 g/mol. The van der Waals surface area contributed by atoms with Crippen LogP contribution in [0, 0.1) is 6.92 Å². The summed E-state index contributed by atoms with van der Waals surface area (Å²) >= 11 is 0. The second kappa shape index (κ2) is 9.14. The predicted molar refractivity (Wildman–Crippen MR) is 107 cm³/mol. The first-order chi connectivity index (χ1) is 13.2. The minimum Gasteiger partial charge on any atom is -0.493 e. The van der Waals surface area contributed by atoms with E-state index in [2.05, 4.69) is 41.3 Å². The lowest BCUT2D eigenvalue weighted by Crippen LogP contribution is -2.31. The zero-order valence-corrected chi connectivity index (χ0v) is 16.0. The molecule has 1 N–H and O–H groups in total. The lowest BCUT2D eigenvalue weighted by atomic mass is 10.1. The van der Waals surface area contributed by atoms with Gasteiger partial charge in [0.2, 0.25) is 0 Å². The Morgan fingerprint density at radius 3 is 2.44 bits per heavy atom. The summed E-state index contributed by atoms with van der Waals surface area (Å²) in [6, 6.07) is 16.0. The van der Waals surface area contributed by atoms with Crippen molar-refractivity contribution in [3.63, 3.8) is 0 Å². The average molecular weight is 363 g/mol. The van der Waals surface area contributed by atoms with Crippen LogP contribution in [0.5, 0.6) is 11.5 Å². The SMILES string of the molecule is COc1ccccc1OC[C@H](C)NCc1cnc(-c2cccc(C)c2)nc1. The van der Waals surface area contributed by atoms with Crippen LogP contribution in [0.1, 0.15) is 18.1 Å². The molecule has 3 rings (SSSR count). The van der Waals surface area contributed by atoms with Crippen LogP contribution in [0.25, 0.3) is 11.4 Å². The normalized spacial score (nSPS) is 11.8. The summed E-state index contributed by atoms with van der Waals surface area (Å²) in [5.74, 6) is 2.24. The number of para-hydroxylation sites is 2. The molecule has 0 saturated carbocycles. The van der Waals surface area contributed by atoms with Gasteiger partial charge in [0.15, 0.2) is 17.3 Å². The van der Waals surface area contributed by atoms with Crippen LogP contribution in [0.3, 0.4) is 0 Å². The molecule has 3 aromatic rings. The molecule has 1 atom stereocenters. The fourth-order valence-corrected chi connectivity index (χ4v) is 2.68. The molecule has 2 aromatic carbocycles. The maximum absolute atomic E-state index is 5.85. The van der Waals surface area contributed by atoms with Gasteiger partial charge < -0.3 is 14.8 Å². The van der Waals surface area contributed by atoms with Crippen molar-refractivity contribution in [2.75, 3.05) is 13.7 Å². The zero-order chi connectivity index (χ0) is 19.1. The molecule has 0 aliphatic carbocycles. The van der Waals surface area contributed by atoms with E-state index in [1.807, 2.05) is 48.8 Å². The minimum absolute atomic E-state index is 0.173. The molecule has 0 radical (unpaired) electrons. The molecule has 0 fully saturated rings. The molecule has 27 heavy (non-hydrogen) atoms. The zero-order valence-electron chi connectivity index (χ0n) is 16.0. The topological polar surface area (TPSA) is 56.3 Å². The lowest BCUT2D eigenvalue weighted by molar-refractivity contribution is 0.259. The van der Waals surface area contributed by atoms with Crippen molar-refractivity contribution < 1.29 is 9.47 Å². The minimum atomic E-state index is 0.173. The van der Waals surface area contributed by atoms with Gasteiger partial charge >= 0.3 is 0 Å². The number of ether oxygens (including phenoxy) is 2. The van der Waals surface area contributed by atoms with Crippen molar-refractivity contribution in [1.29, 1.82) is 0 Å². The Hall–Kier alpha value is -2.92. The first-order valence-corrected chi connectivity index (χ1v) is 9.03. The van der Waals surface area contributed by atoms with Crippen LogP contribution in [-0.4, -0.2) is 29.7 Å². The van der Waals surface area contributed by atoms with Gasteiger partial charge in [0.05, 0.1) is 7.11 Å². The van der Waals surface area contributed by atoms with E-state index in [1.165, 1.54) is 5.56 Å². The van der Waals surface area contributed by atoms with Gasteiger partial charge in [-0.3, -0.25) is 0 Å². The number of nitrogens with zero attached hydrogens (tertiary/aromatic N) is 2. The summed E-state index contributed by atoms with van der Waals surface area (Å²) in [7, 11) is 1.64. The molecule has 0 unspecified atom stereocenters. The van der Waals surface area contributed by atoms with Gasteiger partial charge in [-0.25, -0.2) is 9.97 Å². The van der Waals surface area contributed by atoms with Crippen LogP contribution in [0.15, 0.2) is 60.9 Å². The quantitative estimate of drug-likeness (QED) is 0.655. The molecule has 0 amide bonds. The Morgan fingerprint density at radius 2 is 1.74 bits per heavy atom. The largest absolute Gasteiger partial charge is 0.493 e. The molecule has 140 valence electrons. The molecule has 5 heteroatoms. The van der Waals surface area contributed by atoms with Crippen LogP contribution < -0.4 is 14.8 Å². The fourth-order valence-electron chi connectivity index (χ4n) is 2.68. The molecule has 0 spiro atoms. The predicted octanol–water partition coefficient (Wildman–Crippen LogP) is 4.02. The summed E-state index contributed by atoms with van der Waals surface area (Å²) in [6.45, 7) is 5.38. The van der Waals surface area contributed by atoms with Crippen molar-refractivity contribution in [3.8, 4) is 22.9 Å². The Labute approximate surface area is 160 Å². The smallest absolute Gasteiger partial charge is 0.161 e. The van der Waals surface area contributed by atoms with Crippen LogP contribution in [0.4, 0.5) is 0 Å². The van der Waals surface area contributed by atoms with E-state index in [4.69, 9.17) is 9.47 Å². The number of nitrogens with one attached hydrogen (secondary N) is 1. The number of methoxy groups -OCH3 is 1. The second-order valence-corrected chi connectivity index (χ2v) is 6.53. The van der Waals surface area contributed by atoms with Crippen LogP contribution in [0.2, 0.25) is 0 Å². The van der Waals surface area contributed by atoms with Crippen molar-refractivity contribution in [1.82, 2.24) is 15.3 Å². The van der Waals surface area contributed by atoms with Crippen molar-refractivity contribution in [2.45, 2.75) is 26.4 Å². The molecule has 0 aliphatic rings. The lowest BCUT2D eigenvalue weighted by Gasteiger charge is -2.16. The van der Waals surface area contributed by atoms with Crippen molar-refractivity contribution in [2.24, 2.45) is 0 Å². The standard InChI is InChI=1S/C22H25N3O2/c1-16-7-6-8-19(11-16)22-24-13-18(14-25-22)12-23-17(2)15-27-21-10-5-4-9-20(21)26-3/h4-11,13-14,17,23H,12,15H2,1-3H3/t17-/m0/s1. The van der Waals surface area contributed by atoms with Gasteiger partial charge in [0.1, 0.15) is 6.61 Å². The van der Waals surface area contributed by atoms with E-state index >= 15 is 0 Å². The van der Waals surface area contributed by atoms with Gasteiger partial charge in [0, 0.05) is 36.1 Å². The first kappa shape index (κ1) is 18.9. The van der Waals surface area contributed by atoms with E-state index in [0.29, 0.717) is 13.2 Å².